The molecule has 1 aromatic carbocycles. The lowest BCUT2D eigenvalue weighted by Gasteiger charge is -2.57. The quantitative estimate of drug-likeness (QED) is 0.687. The van der Waals surface area contributed by atoms with Crippen LogP contribution in [0.25, 0.3) is 0 Å². The lowest BCUT2D eigenvalue weighted by atomic mass is 9.53. The van der Waals surface area contributed by atoms with Gasteiger partial charge in [0.2, 0.25) is 10.0 Å². The predicted octanol–water partition coefficient (Wildman–Crippen LogP) is 2.22. The van der Waals surface area contributed by atoms with E-state index in [0.717, 1.165) is 19.3 Å². The van der Waals surface area contributed by atoms with Gasteiger partial charge in [-0.1, -0.05) is 6.07 Å². The first-order valence-corrected chi connectivity index (χ1v) is 11.7. The molecule has 0 aliphatic heterocycles. The smallest absolute Gasteiger partial charge is 0.338 e. The highest BCUT2D eigenvalue weighted by molar-refractivity contribution is 7.89. The van der Waals surface area contributed by atoms with Gasteiger partial charge in [-0.2, -0.15) is 0 Å². The summed E-state index contributed by atoms with van der Waals surface area (Å²) in [6.07, 6.45) is 5.97. The Bertz CT molecular complexity index is 891. The van der Waals surface area contributed by atoms with Crippen LogP contribution in [0.4, 0.5) is 0 Å². The molecule has 0 unspecified atom stereocenters. The van der Waals surface area contributed by atoms with Gasteiger partial charge in [0, 0.05) is 5.54 Å². The number of ether oxygens (including phenoxy) is 1. The van der Waals surface area contributed by atoms with Crippen molar-refractivity contribution in [1.29, 1.82) is 0 Å². The number of hydrogen-bond acceptors (Lipinski definition) is 5. The number of rotatable bonds is 6. The number of carbonyl (C=O) groups excluding carboxylic acids is 2. The van der Waals surface area contributed by atoms with Crippen molar-refractivity contribution in [2.24, 2.45) is 17.8 Å². The van der Waals surface area contributed by atoms with Crippen molar-refractivity contribution in [2.45, 2.75) is 62.0 Å². The van der Waals surface area contributed by atoms with Crippen molar-refractivity contribution < 1.29 is 22.7 Å². The van der Waals surface area contributed by atoms with Crippen LogP contribution in [0, 0.1) is 17.8 Å². The minimum Gasteiger partial charge on any atom is -0.449 e. The Morgan fingerprint density at radius 1 is 1.10 bits per heavy atom. The zero-order chi connectivity index (χ0) is 20.8. The van der Waals surface area contributed by atoms with Crippen LogP contribution >= 0.6 is 0 Å². The molecular weight excluding hydrogens is 392 g/mol. The number of hydrogen-bond donors (Lipinski definition) is 2. The predicted molar refractivity (Wildman–Crippen MR) is 107 cm³/mol. The number of sulfonamides is 1. The molecule has 0 saturated heterocycles. The third-order valence-electron chi connectivity index (χ3n) is 6.73. The van der Waals surface area contributed by atoms with Crippen LogP contribution < -0.4 is 10.0 Å². The highest BCUT2D eigenvalue weighted by Gasteiger charge is 2.51. The third kappa shape index (κ3) is 4.05. The molecule has 158 valence electrons. The van der Waals surface area contributed by atoms with Crippen LogP contribution in [0.1, 0.15) is 55.8 Å². The lowest BCUT2D eigenvalue weighted by Crippen LogP contribution is -2.61. The van der Waals surface area contributed by atoms with E-state index in [0.29, 0.717) is 17.8 Å². The first-order valence-electron chi connectivity index (χ1n) is 10.3. The molecular formula is C21H28N2O5S. The van der Waals surface area contributed by atoms with Gasteiger partial charge in [0.1, 0.15) is 0 Å². The van der Waals surface area contributed by atoms with Gasteiger partial charge >= 0.3 is 5.97 Å². The van der Waals surface area contributed by atoms with E-state index in [-0.39, 0.29) is 21.9 Å². The molecule has 4 saturated carbocycles. The van der Waals surface area contributed by atoms with Gasteiger partial charge in [-0.15, -0.1) is 0 Å². The molecule has 0 heterocycles. The molecule has 0 radical (unpaired) electrons. The van der Waals surface area contributed by atoms with E-state index < -0.39 is 22.1 Å². The minimum absolute atomic E-state index is 0.0277. The van der Waals surface area contributed by atoms with E-state index in [1.807, 2.05) is 0 Å². The number of amides is 1. The van der Waals surface area contributed by atoms with E-state index in [1.165, 1.54) is 50.6 Å². The van der Waals surface area contributed by atoms with E-state index >= 15 is 0 Å². The van der Waals surface area contributed by atoms with Crippen molar-refractivity contribution in [3.63, 3.8) is 0 Å². The SMILES string of the molecule is CNS(=O)(=O)c1cccc(C(=O)O[C@H](C)C(=O)NC23CC4CC(CC(C4)C2)C3)c1. The number of carbonyl (C=O) groups is 2. The summed E-state index contributed by atoms with van der Waals surface area (Å²) in [6.45, 7) is 1.56. The topological polar surface area (TPSA) is 102 Å². The van der Waals surface area contributed by atoms with Crippen molar-refractivity contribution >= 4 is 21.9 Å². The zero-order valence-corrected chi connectivity index (χ0v) is 17.6. The molecule has 7 nitrogen and oxygen atoms in total. The summed E-state index contributed by atoms with van der Waals surface area (Å²) in [5.74, 6) is 1.12. The van der Waals surface area contributed by atoms with Gasteiger partial charge < -0.3 is 10.1 Å². The van der Waals surface area contributed by atoms with Crippen LogP contribution in [-0.4, -0.2) is 39.0 Å². The summed E-state index contributed by atoms with van der Waals surface area (Å²) < 4.78 is 31.4. The highest BCUT2D eigenvalue weighted by atomic mass is 32.2. The first kappa shape index (κ1) is 20.3. The molecule has 1 amide bonds. The summed E-state index contributed by atoms with van der Waals surface area (Å²) in [6, 6.07) is 5.59. The summed E-state index contributed by atoms with van der Waals surface area (Å²) in [4.78, 5) is 25.2. The Kier molecular flexibility index (Phi) is 5.19. The van der Waals surface area contributed by atoms with Crippen molar-refractivity contribution in [1.82, 2.24) is 10.0 Å². The van der Waals surface area contributed by atoms with Gasteiger partial charge in [0.15, 0.2) is 6.10 Å². The molecule has 29 heavy (non-hydrogen) atoms. The molecule has 4 aliphatic carbocycles. The highest BCUT2D eigenvalue weighted by Crippen LogP contribution is 2.55. The molecule has 4 bridgehead atoms. The zero-order valence-electron chi connectivity index (χ0n) is 16.8. The second-order valence-corrected chi connectivity index (χ2v) is 10.9. The van der Waals surface area contributed by atoms with Gasteiger partial charge in [-0.25, -0.2) is 17.9 Å². The maximum Gasteiger partial charge on any atom is 0.338 e. The fraction of sp³-hybridized carbons (Fsp3) is 0.619. The van der Waals surface area contributed by atoms with E-state index in [4.69, 9.17) is 4.74 Å². The maximum absolute atomic E-state index is 12.8. The molecule has 2 N–H and O–H groups in total. The standard InChI is InChI=1S/C21H28N2O5S/c1-13(28-20(25)17-4-3-5-18(9-17)29(26,27)22-2)19(24)23-21-10-14-6-15(11-21)8-16(7-14)12-21/h3-5,9,13-16,22H,6-8,10-12H2,1-2H3,(H,23,24)/t13-,14?,15?,16?,21?/m1/s1. The summed E-state index contributed by atoms with van der Waals surface area (Å²) in [5.41, 5.74) is -0.0522. The molecule has 0 aromatic heterocycles. The Balaban J connectivity index is 1.40. The normalized spacial score (nSPS) is 31.3. The van der Waals surface area contributed by atoms with Crippen molar-refractivity contribution in [3.05, 3.63) is 29.8 Å². The van der Waals surface area contributed by atoms with Gasteiger partial charge in [0.05, 0.1) is 10.5 Å². The largest absolute Gasteiger partial charge is 0.449 e. The van der Waals surface area contributed by atoms with Crippen molar-refractivity contribution in [2.75, 3.05) is 7.05 Å². The molecule has 1 atom stereocenters. The minimum atomic E-state index is -3.67. The van der Waals surface area contributed by atoms with Crippen molar-refractivity contribution in [3.8, 4) is 0 Å². The molecule has 8 heteroatoms. The van der Waals surface area contributed by atoms with Crippen LogP contribution in [0.3, 0.4) is 0 Å². The Morgan fingerprint density at radius 3 is 2.24 bits per heavy atom. The van der Waals surface area contributed by atoms with Crippen LogP contribution in [0.15, 0.2) is 29.2 Å². The van der Waals surface area contributed by atoms with Gasteiger partial charge in [-0.05, 0) is 88.4 Å². The average molecular weight is 421 g/mol. The second kappa shape index (κ2) is 7.40. The van der Waals surface area contributed by atoms with Crippen LogP contribution in [0.5, 0.6) is 0 Å². The second-order valence-electron chi connectivity index (χ2n) is 8.97. The van der Waals surface area contributed by atoms with Gasteiger partial charge in [-0.3, -0.25) is 4.79 Å². The lowest BCUT2D eigenvalue weighted by molar-refractivity contribution is -0.134. The monoisotopic (exact) mass is 420 g/mol. The van der Waals surface area contributed by atoms with E-state index in [2.05, 4.69) is 10.0 Å². The molecule has 4 aliphatic rings. The Labute approximate surface area is 171 Å². The Morgan fingerprint density at radius 2 is 1.69 bits per heavy atom. The van der Waals surface area contributed by atoms with E-state index in [1.54, 1.807) is 6.92 Å². The Hall–Kier alpha value is -1.93. The summed E-state index contributed by atoms with van der Waals surface area (Å²) in [5, 5.41) is 3.20. The third-order valence-corrected chi connectivity index (χ3v) is 8.14. The summed E-state index contributed by atoms with van der Waals surface area (Å²) >= 11 is 0. The number of nitrogens with one attached hydrogen (secondary N) is 2. The molecule has 4 fully saturated rings. The van der Waals surface area contributed by atoms with Crippen LogP contribution in [-0.2, 0) is 19.6 Å². The summed E-state index contributed by atoms with van der Waals surface area (Å²) in [7, 11) is -2.36. The first-order chi connectivity index (χ1) is 13.7. The fourth-order valence-electron chi connectivity index (χ4n) is 5.82. The fourth-order valence-corrected chi connectivity index (χ4v) is 6.59. The molecule has 0 spiro atoms. The van der Waals surface area contributed by atoms with Crippen LogP contribution in [0.2, 0.25) is 0 Å². The maximum atomic E-state index is 12.8. The van der Waals surface area contributed by atoms with Gasteiger partial charge in [0.25, 0.3) is 5.91 Å². The average Bonchev–Trinajstić information content (AvgIpc) is 2.66. The molecule has 1 aromatic rings. The number of esters is 1. The number of benzene rings is 1. The molecule has 5 rings (SSSR count). The van der Waals surface area contributed by atoms with E-state index in [9.17, 15) is 18.0 Å².